The maximum atomic E-state index is 12.7. The number of hydrogen-bond acceptors (Lipinski definition) is 5. The van der Waals surface area contributed by atoms with Crippen LogP contribution in [0, 0.1) is 0 Å². The van der Waals surface area contributed by atoms with Crippen molar-refractivity contribution in [3.05, 3.63) is 68.7 Å². The van der Waals surface area contributed by atoms with Crippen LogP contribution in [0.3, 0.4) is 0 Å². The smallest absolute Gasteiger partial charge is 0.349 e. The topological polar surface area (TPSA) is 62.6 Å². The van der Waals surface area contributed by atoms with Crippen LogP contribution in [0.5, 0.6) is 0 Å². The number of hydrogen-bond donors (Lipinski definition) is 1. The second-order valence-electron chi connectivity index (χ2n) is 7.22. The Kier molecular flexibility index (Phi) is 5.88. The highest BCUT2D eigenvalue weighted by atomic mass is 32.1. The standard InChI is InChI=1S/C22H24N2O3S/c25-21(18-13-16-7-3-4-8-20(16)27-22(18)26)23-14-19(17-9-12-28-15-17)24-10-5-1-2-6-11-24/h3-4,7-9,12-13,15,19H,1-2,5-6,10-11,14H2,(H,23,25)/t19-/m1/s1. The van der Waals surface area contributed by atoms with E-state index in [1.165, 1.54) is 31.2 Å². The number of rotatable bonds is 5. The van der Waals surface area contributed by atoms with E-state index in [4.69, 9.17) is 4.42 Å². The highest BCUT2D eigenvalue weighted by Crippen LogP contribution is 2.25. The molecule has 5 nitrogen and oxygen atoms in total. The first kappa shape index (κ1) is 18.9. The Labute approximate surface area is 168 Å². The number of carbonyl (C=O) groups is 1. The first-order valence-corrected chi connectivity index (χ1v) is 10.7. The van der Waals surface area contributed by atoms with Crippen molar-refractivity contribution in [2.24, 2.45) is 0 Å². The summed E-state index contributed by atoms with van der Waals surface area (Å²) in [5.74, 6) is -0.380. The lowest BCUT2D eigenvalue weighted by molar-refractivity contribution is 0.0930. The lowest BCUT2D eigenvalue weighted by Crippen LogP contribution is -2.39. The molecule has 0 radical (unpaired) electrons. The van der Waals surface area contributed by atoms with Crippen LogP contribution in [0.2, 0.25) is 0 Å². The minimum absolute atomic E-state index is 0.0543. The van der Waals surface area contributed by atoms with Crippen LogP contribution >= 0.6 is 11.3 Å². The Balaban J connectivity index is 1.53. The maximum Gasteiger partial charge on any atom is 0.349 e. The molecule has 3 aromatic rings. The minimum atomic E-state index is -0.599. The van der Waals surface area contributed by atoms with Gasteiger partial charge in [0, 0.05) is 11.9 Å². The molecule has 1 saturated heterocycles. The SMILES string of the molecule is O=C(NC[C@H](c1ccsc1)N1CCCCCC1)c1cc2ccccc2oc1=O. The van der Waals surface area contributed by atoms with Gasteiger partial charge in [-0.2, -0.15) is 11.3 Å². The van der Waals surface area contributed by atoms with E-state index < -0.39 is 5.63 Å². The van der Waals surface area contributed by atoms with Crippen LogP contribution < -0.4 is 10.9 Å². The van der Waals surface area contributed by atoms with E-state index in [0.717, 1.165) is 18.5 Å². The van der Waals surface area contributed by atoms with Gasteiger partial charge in [0.05, 0.1) is 6.04 Å². The highest BCUT2D eigenvalue weighted by Gasteiger charge is 2.23. The van der Waals surface area contributed by atoms with Gasteiger partial charge in [-0.15, -0.1) is 0 Å². The van der Waals surface area contributed by atoms with Gasteiger partial charge in [0.2, 0.25) is 0 Å². The zero-order chi connectivity index (χ0) is 19.3. The Bertz CT molecular complexity index is 988. The zero-order valence-corrected chi connectivity index (χ0v) is 16.5. The van der Waals surface area contributed by atoms with Crippen LogP contribution in [0.25, 0.3) is 11.0 Å². The molecule has 2 aromatic heterocycles. The highest BCUT2D eigenvalue weighted by molar-refractivity contribution is 7.07. The third-order valence-electron chi connectivity index (χ3n) is 5.35. The molecule has 4 rings (SSSR count). The number of nitrogens with one attached hydrogen (secondary N) is 1. The van der Waals surface area contributed by atoms with E-state index in [9.17, 15) is 9.59 Å². The number of likely N-dealkylation sites (tertiary alicyclic amines) is 1. The van der Waals surface area contributed by atoms with Crippen LogP contribution in [-0.2, 0) is 0 Å². The van der Waals surface area contributed by atoms with Crippen LogP contribution in [-0.4, -0.2) is 30.4 Å². The fourth-order valence-electron chi connectivity index (χ4n) is 3.83. The van der Waals surface area contributed by atoms with Crippen molar-refractivity contribution < 1.29 is 9.21 Å². The number of nitrogens with zero attached hydrogens (tertiary/aromatic N) is 1. The molecular weight excluding hydrogens is 372 g/mol. The Morgan fingerprint density at radius 1 is 1.14 bits per heavy atom. The van der Waals surface area contributed by atoms with Gasteiger partial charge >= 0.3 is 5.63 Å². The van der Waals surface area contributed by atoms with Crippen molar-refractivity contribution in [3.8, 4) is 0 Å². The number of amides is 1. The largest absolute Gasteiger partial charge is 0.422 e. The van der Waals surface area contributed by atoms with Gasteiger partial charge in [-0.3, -0.25) is 9.69 Å². The Hall–Kier alpha value is -2.44. The van der Waals surface area contributed by atoms with Gasteiger partial charge in [-0.1, -0.05) is 31.0 Å². The van der Waals surface area contributed by atoms with Gasteiger partial charge in [0.1, 0.15) is 11.1 Å². The van der Waals surface area contributed by atoms with Crippen molar-refractivity contribution in [2.45, 2.75) is 31.7 Å². The summed E-state index contributed by atoms with van der Waals surface area (Å²) in [6.07, 6.45) is 4.89. The summed E-state index contributed by atoms with van der Waals surface area (Å²) in [5.41, 5.74) is 1.17. The van der Waals surface area contributed by atoms with Gasteiger partial charge < -0.3 is 9.73 Å². The van der Waals surface area contributed by atoms with E-state index in [-0.39, 0.29) is 17.5 Å². The minimum Gasteiger partial charge on any atom is -0.422 e. The molecule has 1 atom stereocenters. The Morgan fingerprint density at radius 2 is 1.93 bits per heavy atom. The summed E-state index contributed by atoms with van der Waals surface area (Å²) in [6.45, 7) is 2.55. The van der Waals surface area contributed by atoms with Crippen molar-refractivity contribution in [2.75, 3.05) is 19.6 Å². The second-order valence-corrected chi connectivity index (χ2v) is 8.00. The molecule has 1 aliphatic heterocycles. The number of fused-ring (bicyclic) bond motifs is 1. The average molecular weight is 397 g/mol. The molecule has 3 heterocycles. The van der Waals surface area contributed by atoms with Crippen LogP contribution in [0.1, 0.15) is 47.6 Å². The maximum absolute atomic E-state index is 12.7. The van der Waals surface area contributed by atoms with Crippen molar-refractivity contribution in [3.63, 3.8) is 0 Å². The van der Waals surface area contributed by atoms with E-state index in [2.05, 4.69) is 27.0 Å². The molecule has 1 aliphatic rings. The molecule has 0 aliphatic carbocycles. The number of carbonyl (C=O) groups excluding carboxylic acids is 1. The molecule has 1 amide bonds. The fourth-order valence-corrected chi connectivity index (χ4v) is 4.54. The lowest BCUT2D eigenvalue weighted by Gasteiger charge is -2.30. The first-order chi connectivity index (χ1) is 13.7. The normalized spacial score (nSPS) is 16.6. The molecule has 146 valence electrons. The van der Waals surface area contributed by atoms with Crippen molar-refractivity contribution in [1.29, 1.82) is 0 Å². The third-order valence-corrected chi connectivity index (χ3v) is 6.05. The molecule has 1 fully saturated rings. The van der Waals surface area contributed by atoms with Gasteiger partial charge in [0.25, 0.3) is 5.91 Å². The number of para-hydroxylation sites is 1. The molecule has 0 spiro atoms. The molecule has 0 saturated carbocycles. The summed E-state index contributed by atoms with van der Waals surface area (Å²) < 4.78 is 5.30. The Morgan fingerprint density at radius 3 is 2.68 bits per heavy atom. The molecule has 0 unspecified atom stereocenters. The molecule has 1 aromatic carbocycles. The van der Waals surface area contributed by atoms with Gasteiger partial charge in [0.15, 0.2) is 0 Å². The van der Waals surface area contributed by atoms with E-state index in [1.807, 2.05) is 12.1 Å². The molecule has 6 heteroatoms. The summed E-state index contributed by atoms with van der Waals surface area (Å²) >= 11 is 1.67. The van der Waals surface area contributed by atoms with Crippen LogP contribution in [0.4, 0.5) is 0 Å². The van der Waals surface area contributed by atoms with Crippen molar-refractivity contribution in [1.82, 2.24) is 10.2 Å². The summed E-state index contributed by atoms with van der Waals surface area (Å²) in [7, 11) is 0. The molecule has 0 bridgehead atoms. The predicted octanol–water partition coefficient (Wildman–Crippen LogP) is 4.20. The summed E-state index contributed by atoms with van der Waals surface area (Å²) in [5, 5.41) is 7.93. The molecule has 1 N–H and O–H groups in total. The van der Waals surface area contributed by atoms with E-state index in [1.54, 1.807) is 29.5 Å². The van der Waals surface area contributed by atoms with Gasteiger partial charge in [-0.25, -0.2) is 4.79 Å². The number of benzene rings is 1. The average Bonchev–Trinajstić information content (AvgIpc) is 3.10. The zero-order valence-electron chi connectivity index (χ0n) is 15.7. The molecular formula is C22H24N2O3S. The fraction of sp³-hybridized carbons (Fsp3) is 0.364. The van der Waals surface area contributed by atoms with Crippen LogP contribution in [0.15, 0.2) is 56.4 Å². The first-order valence-electron chi connectivity index (χ1n) is 9.79. The second kappa shape index (κ2) is 8.71. The summed E-state index contributed by atoms with van der Waals surface area (Å²) in [6, 6.07) is 11.1. The van der Waals surface area contributed by atoms with E-state index in [0.29, 0.717) is 12.1 Å². The quantitative estimate of drug-likeness (QED) is 0.657. The van der Waals surface area contributed by atoms with Gasteiger partial charge in [-0.05, 0) is 60.5 Å². The predicted molar refractivity (Wildman–Crippen MR) is 112 cm³/mol. The third kappa shape index (κ3) is 4.18. The van der Waals surface area contributed by atoms with E-state index >= 15 is 0 Å². The monoisotopic (exact) mass is 396 g/mol. The lowest BCUT2D eigenvalue weighted by atomic mass is 10.1. The summed E-state index contributed by atoms with van der Waals surface area (Å²) in [4.78, 5) is 27.5. The van der Waals surface area contributed by atoms with Crippen molar-refractivity contribution >= 4 is 28.2 Å². The number of thiophene rings is 1. The molecule has 28 heavy (non-hydrogen) atoms.